The molecule has 1 N–H and O–H groups in total. The van der Waals surface area contributed by atoms with Crippen molar-refractivity contribution in [1.82, 2.24) is 10.3 Å². The summed E-state index contributed by atoms with van der Waals surface area (Å²) in [7, 11) is 0. The summed E-state index contributed by atoms with van der Waals surface area (Å²) >= 11 is 5.49. The van der Waals surface area contributed by atoms with Crippen LogP contribution in [0.15, 0.2) is 24.4 Å². The van der Waals surface area contributed by atoms with Crippen molar-refractivity contribution in [3.63, 3.8) is 0 Å². The first-order valence-electron chi connectivity index (χ1n) is 4.85. The smallest absolute Gasteiger partial charge is 0.221 e. The molecule has 0 aliphatic rings. The Labute approximate surface area is 94.9 Å². The van der Waals surface area contributed by atoms with Gasteiger partial charge in [0.1, 0.15) is 0 Å². The predicted molar refractivity (Wildman–Crippen MR) is 60.7 cm³/mol. The molecule has 0 radical (unpaired) electrons. The van der Waals surface area contributed by atoms with Crippen LogP contribution in [0.4, 0.5) is 0 Å². The summed E-state index contributed by atoms with van der Waals surface area (Å²) in [5, 5.41) is 2.89. The minimum Gasteiger partial charge on any atom is -0.346 e. The van der Waals surface area contributed by atoms with E-state index in [1.54, 1.807) is 6.20 Å². The minimum atomic E-state index is -0.454. The van der Waals surface area contributed by atoms with Gasteiger partial charge in [-0.15, -0.1) is 11.6 Å². The molecule has 1 aromatic heterocycles. The van der Waals surface area contributed by atoms with Crippen LogP contribution >= 0.6 is 11.6 Å². The van der Waals surface area contributed by atoms with Crippen LogP contribution in [0.25, 0.3) is 0 Å². The van der Waals surface area contributed by atoms with Crippen molar-refractivity contribution in [1.29, 1.82) is 0 Å². The highest BCUT2D eigenvalue weighted by molar-refractivity contribution is 6.18. The number of carbonyl (C=O) groups excluding carboxylic acids is 1. The normalized spacial score (nSPS) is 11.1. The van der Waals surface area contributed by atoms with Crippen LogP contribution in [0, 0.1) is 0 Å². The lowest BCUT2D eigenvalue weighted by Crippen LogP contribution is -2.41. The molecular formula is C11H15ClN2O. The molecule has 1 aromatic rings. The number of carbonyl (C=O) groups is 1. The third-order valence-electron chi connectivity index (χ3n) is 2.08. The van der Waals surface area contributed by atoms with Crippen molar-refractivity contribution in [2.75, 3.05) is 5.88 Å². The Morgan fingerprint density at radius 3 is 2.80 bits per heavy atom. The van der Waals surface area contributed by atoms with E-state index in [2.05, 4.69) is 10.3 Å². The van der Waals surface area contributed by atoms with Crippen molar-refractivity contribution in [2.45, 2.75) is 25.8 Å². The monoisotopic (exact) mass is 226 g/mol. The molecule has 4 heteroatoms. The maximum atomic E-state index is 11.4. The molecule has 0 unspecified atom stereocenters. The maximum absolute atomic E-state index is 11.4. The fourth-order valence-corrected chi connectivity index (χ4v) is 1.47. The van der Waals surface area contributed by atoms with Gasteiger partial charge in [0.25, 0.3) is 0 Å². The zero-order valence-corrected chi connectivity index (χ0v) is 9.71. The molecule has 0 aliphatic carbocycles. The largest absolute Gasteiger partial charge is 0.346 e. The van der Waals surface area contributed by atoms with Crippen molar-refractivity contribution < 1.29 is 4.79 Å². The van der Waals surface area contributed by atoms with Crippen molar-refractivity contribution in [2.24, 2.45) is 0 Å². The van der Waals surface area contributed by atoms with Crippen LogP contribution in [0.3, 0.4) is 0 Å². The lowest BCUT2D eigenvalue weighted by atomic mass is 10.00. The molecule has 0 atom stereocenters. The Bertz CT molecular complexity index is 325. The molecule has 0 fully saturated rings. The van der Waals surface area contributed by atoms with E-state index in [1.165, 1.54) is 0 Å². The van der Waals surface area contributed by atoms with Crippen molar-refractivity contribution in [3.8, 4) is 0 Å². The van der Waals surface area contributed by atoms with Gasteiger partial charge in [-0.05, 0) is 26.0 Å². The SMILES string of the molecule is CC(C)(NC(=O)CCCl)c1ccccn1. The quantitative estimate of drug-likeness (QED) is 0.799. The van der Waals surface area contributed by atoms with Crippen LogP contribution in [0.1, 0.15) is 26.0 Å². The second-order valence-electron chi connectivity index (χ2n) is 3.83. The zero-order valence-electron chi connectivity index (χ0n) is 8.96. The molecule has 15 heavy (non-hydrogen) atoms. The third-order valence-corrected chi connectivity index (χ3v) is 2.27. The Morgan fingerprint density at radius 2 is 2.27 bits per heavy atom. The second-order valence-corrected chi connectivity index (χ2v) is 4.21. The number of aromatic nitrogens is 1. The third kappa shape index (κ3) is 3.51. The zero-order chi connectivity index (χ0) is 11.3. The highest BCUT2D eigenvalue weighted by Crippen LogP contribution is 2.16. The van der Waals surface area contributed by atoms with E-state index < -0.39 is 5.54 Å². The minimum absolute atomic E-state index is 0.0550. The van der Waals surface area contributed by atoms with E-state index in [0.717, 1.165) is 5.69 Å². The molecule has 1 rings (SSSR count). The molecule has 0 aromatic carbocycles. The van der Waals surface area contributed by atoms with Gasteiger partial charge in [-0.3, -0.25) is 9.78 Å². The van der Waals surface area contributed by atoms with Crippen LogP contribution in [-0.4, -0.2) is 16.8 Å². The summed E-state index contributed by atoms with van der Waals surface area (Å²) in [6, 6.07) is 5.64. The number of rotatable bonds is 4. The number of nitrogens with zero attached hydrogens (tertiary/aromatic N) is 1. The van der Waals surface area contributed by atoms with Crippen LogP contribution in [0.5, 0.6) is 0 Å². The molecule has 0 aliphatic heterocycles. The van der Waals surface area contributed by atoms with E-state index >= 15 is 0 Å². The number of pyridine rings is 1. The average molecular weight is 227 g/mol. The number of amides is 1. The Hall–Kier alpha value is -1.09. The second kappa shape index (κ2) is 5.12. The van der Waals surface area contributed by atoms with Gasteiger partial charge in [0.15, 0.2) is 0 Å². The molecule has 0 saturated carbocycles. The van der Waals surface area contributed by atoms with Gasteiger partial charge in [-0.2, -0.15) is 0 Å². The fraction of sp³-hybridized carbons (Fsp3) is 0.455. The van der Waals surface area contributed by atoms with Crippen molar-refractivity contribution in [3.05, 3.63) is 30.1 Å². The molecular weight excluding hydrogens is 212 g/mol. The van der Waals surface area contributed by atoms with Gasteiger partial charge in [0.2, 0.25) is 5.91 Å². The van der Waals surface area contributed by atoms with Gasteiger partial charge in [-0.1, -0.05) is 6.07 Å². The maximum Gasteiger partial charge on any atom is 0.221 e. The lowest BCUT2D eigenvalue weighted by Gasteiger charge is -2.25. The first kappa shape index (κ1) is 12.0. The highest BCUT2D eigenvalue weighted by Gasteiger charge is 2.23. The topological polar surface area (TPSA) is 42.0 Å². The average Bonchev–Trinajstić information content (AvgIpc) is 2.18. The van der Waals surface area contributed by atoms with E-state index in [1.807, 2.05) is 32.0 Å². The summed E-state index contributed by atoms with van der Waals surface area (Å²) in [6.07, 6.45) is 2.04. The standard InChI is InChI=1S/C11H15ClN2O/c1-11(2,14-10(15)6-7-12)9-5-3-4-8-13-9/h3-5,8H,6-7H2,1-2H3,(H,14,15). The van der Waals surface area contributed by atoms with Gasteiger partial charge in [0.05, 0.1) is 11.2 Å². The molecule has 3 nitrogen and oxygen atoms in total. The van der Waals surface area contributed by atoms with Crippen LogP contribution in [0.2, 0.25) is 0 Å². The molecule has 82 valence electrons. The van der Waals surface area contributed by atoms with Gasteiger partial charge < -0.3 is 5.32 Å². The predicted octanol–water partition coefficient (Wildman–Crippen LogP) is 2.06. The molecule has 1 heterocycles. The van der Waals surface area contributed by atoms with Crippen LogP contribution < -0.4 is 5.32 Å². The van der Waals surface area contributed by atoms with Crippen molar-refractivity contribution >= 4 is 17.5 Å². The Balaban J connectivity index is 2.71. The summed E-state index contributed by atoms with van der Waals surface area (Å²) in [5.74, 6) is 0.282. The van der Waals surface area contributed by atoms with Gasteiger partial charge >= 0.3 is 0 Å². The fourth-order valence-electron chi connectivity index (χ4n) is 1.29. The summed E-state index contributed by atoms with van der Waals surface area (Å²) < 4.78 is 0. The summed E-state index contributed by atoms with van der Waals surface area (Å²) in [4.78, 5) is 15.6. The number of nitrogens with one attached hydrogen (secondary N) is 1. The van der Waals surface area contributed by atoms with Crippen LogP contribution in [-0.2, 0) is 10.3 Å². The molecule has 0 bridgehead atoms. The molecule has 0 spiro atoms. The van der Waals surface area contributed by atoms with E-state index in [4.69, 9.17) is 11.6 Å². The summed E-state index contributed by atoms with van der Waals surface area (Å²) in [6.45, 7) is 3.84. The number of hydrogen-bond donors (Lipinski definition) is 1. The van der Waals surface area contributed by atoms with Gasteiger partial charge in [0, 0.05) is 18.5 Å². The number of hydrogen-bond acceptors (Lipinski definition) is 2. The first-order valence-corrected chi connectivity index (χ1v) is 5.38. The van der Waals surface area contributed by atoms with E-state index in [-0.39, 0.29) is 5.91 Å². The number of halogens is 1. The molecule has 1 amide bonds. The lowest BCUT2D eigenvalue weighted by molar-refractivity contribution is -0.122. The Kier molecular flexibility index (Phi) is 4.09. The Morgan fingerprint density at radius 1 is 1.53 bits per heavy atom. The van der Waals surface area contributed by atoms with E-state index in [9.17, 15) is 4.79 Å². The molecule has 0 saturated heterocycles. The number of alkyl halides is 1. The van der Waals surface area contributed by atoms with Gasteiger partial charge in [-0.25, -0.2) is 0 Å². The summed E-state index contributed by atoms with van der Waals surface area (Å²) in [5.41, 5.74) is 0.387. The first-order chi connectivity index (χ1) is 7.06. The highest BCUT2D eigenvalue weighted by atomic mass is 35.5. The van der Waals surface area contributed by atoms with E-state index in [0.29, 0.717) is 12.3 Å².